The second-order valence-electron chi connectivity index (χ2n) is 6.34. The second-order valence-corrected chi connectivity index (χ2v) is 6.34. The van der Waals surface area contributed by atoms with E-state index in [0.717, 1.165) is 25.9 Å². The van der Waals surface area contributed by atoms with Crippen LogP contribution in [0, 0.1) is 5.92 Å². The molecule has 0 aromatic heterocycles. The molecule has 1 unspecified atom stereocenters. The van der Waals surface area contributed by atoms with E-state index in [1.165, 1.54) is 0 Å². The summed E-state index contributed by atoms with van der Waals surface area (Å²) >= 11 is 0. The molecule has 2 aliphatic rings. The molecule has 1 aromatic rings. The molecule has 2 saturated heterocycles. The van der Waals surface area contributed by atoms with Crippen molar-refractivity contribution < 1.29 is 14.3 Å². The first-order valence-electron chi connectivity index (χ1n) is 8.69. The van der Waals surface area contributed by atoms with Gasteiger partial charge in [0.05, 0.1) is 13.2 Å². The average molecular weight is 331 g/mol. The lowest BCUT2D eigenvalue weighted by Gasteiger charge is -2.35. The van der Waals surface area contributed by atoms with Crippen LogP contribution in [0.3, 0.4) is 0 Å². The number of nitrogens with one attached hydrogen (secondary N) is 2. The van der Waals surface area contributed by atoms with Crippen molar-refractivity contribution in [1.82, 2.24) is 15.5 Å². The van der Waals surface area contributed by atoms with Gasteiger partial charge in [-0.2, -0.15) is 0 Å². The lowest BCUT2D eigenvalue weighted by Crippen LogP contribution is -2.56. The fraction of sp³-hybridized carbons (Fsp3) is 0.556. The van der Waals surface area contributed by atoms with Gasteiger partial charge in [-0.25, -0.2) is 0 Å². The van der Waals surface area contributed by atoms with E-state index in [2.05, 4.69) is 10.6 Å². The maximum Gasteiger partial charge on any atom is 0.251 e. The molecule has 24 heavy (non-hydrogen) atoms. The Labute approximate surface area is 142 Å². The summed E-state index contributed by atoms with van der Waals surface area (Å²) in [5, 5.41) is 6.32. The van der Waals surface area contributed by atoms with E-state index in [4.69, 9.17) is 4.74 Å². The van der Waals surface area contributed by atoms with Gasteiger partial charge < -0.3 is 20.3 Å². The molecule has 130 valence electrons. The maximum absolute atomic E-state index is 13.0. The van der Waals surface area contributed by atoms with Gasteiger partial charge in [0.25, 0.3) is 5.91 Å². The minimum atomic E-state index is -0.460. The quantitative estimate of drug-likeness (QED) is 0.850. The van der Waals surface area contributed by atoms with Gasteiger partial charge in [-0.1, -0.05) is 18.2 Å². The van der Waals surface area contributed by atoms with Crippen LogP contribution in [0.4, 0.5) is 0 Å². The molecule has 6 nitrogen and oxygen atoms in total. The highest BCUT2D eigenvalue weighted by Crippen LogP contribution is 2.19. The fourth-order valence-electron chi connectivity index (χ4n) is 3.35. The zero-order chi connectivity index (χ0) is 16.8. The molecule has 0 radical (unpaired) electrons. The molecule has 6 heteroatoms. The Kier molecular flexibility index (Phi) is 5.82. The second kappa shape index (κ2) is 8.26. The molecule has 3 rings (SSSR count). The minimum Gasteiger partial charge on any atom is -0.378 e. The van der Waals surface area contributed by atoms with Crippen molar-refractivity contribution in [3.63, 3.8) is 0 Å². The third kappa shape index (κ3) is 4.13. The van der Waals surface area contributed by atoms with Crippen LogP contribution in [0.25, 0.3) is 0 Å². The number of hydrogen-bond acceptors (Lipinski definition) is 4. The first kappa shape index (κ1) is 16.9. The average Bonchev–Trinajstić information content (AvgIpc) is 2.67. The number of benzene rings is 1. The largest absolute Gasteiger partial charge is 0.378 e. The van der Waals surface area contributed by atoms with E-state index in [1.54, 1.807) is 12.1 Å². The van der Waals surface area contributed by atoms with Gasteiger partial charge in [0.15, 0.2) is 0 Å². The monoisotopic (exact) mass is 331 g/mol. The van der Waals surface area contributed by atoms with Crippen molar-refractivity contribution in [3.05, 3.63) is 35.9 Å². The van der Waals surface area contributed by atoms with Crippen LogP contribution in [-0.4, -0.2) is 62.1 Å². The van der Waals surface area contributed by atoms with Gasteiger partial charge in [0.1, 0.15) is 6.04 Å². The van der Waals surface area contributed by atoms with Crippen LogP contribution in [0.5, 0.6) is 0 Å². The number of carbonyl (C=O) groups is 2. The van der Waals surface area contributed by atoms with Crippen molar-refractivity contribution in [2.75, 3.05) is 39.4 Å². The van der Waals surface area contributed by atoms with E-state index in [1.807, 2.05) is 23.1 Å². The normalized spacial score (nSPS) is 20.4. The third-order valence-corrected chi connectivity index (χ3v) is 4.77. The number of rotatable bonds is 4. The van der Waals surface area contributed by atoms with Crippen LogP contribution >= 0.6 is 0 Å². The van der Waals surface area contributed by atoms with Crippen molar-refractivity contribution in [3.8, 4) is 0 Å². The predicted molar refractivity (Wildman–Crippen MR) is 90.7 cm³/mol. The summed E-state index contributed by atoms with van der Waals surface area (Å²) in [6.45, 7) is 4.11. The summed E-state index contributed by atoms with van der Waals surface area (Å²) in [4.78, 5) is 27.4. The number of amides is 2. The zero-order valence-corrected chi connectivity index (χ0v) is 13.9. The van der Waals surface area contributed by atoms with Crippen LogP contribution in [-0.2, 0) is 9.53 Å². The highest BCUT2D eigenvalue weighted by molar-refractivity contribution is 5.97. The topological polar surface area (TPSA) is 70.7 Å². The van der Waals surface area contributed by atoms with Crippen molar-refractivity contribution in [2.24, 2.45) is 5.92 Å². The van der Waals surface area contributed by atoms with E-state index < -0.39 is 6.04 Å². The molecule has 2 N–H and O–H groups in total. The van der Waals surface area contributed by atoms with Gasteiger partial charge >= 0.3 is 0 Å². The Morgan fingerprint density at radius 1 is 1.12 bits per heavy atom. The Hall–Kier alpha value is -1.92. The molecule has 1 atom stereocenters. The SMILES string of the molecule is O=C(NC(C(=O)N1CCOCC1)C1CCNCC1)c1ccccc1. The standard InChI is InChI=1S/C18H25N3O3/c22-17(15-4-2-1-3-5-15)20-16(14-6-8-19-9-7-14)18(23)21-10-12-24-13-11-21/h1-5,14,16,19H,6-13H2,(H,20,22). The maximum atomic E-state index is 13.0. The number of ether oxygens (including phenoxy) is 1. The minimum absolute atomic E-state index is 0.0227. The molecule has 0 bridgehead atoms. The van der Waals surface area contributed by atoms with E-state index in [-0.39, 0.29) is 17.7 Å². The molecule has 2 fully saturated rings. The molecule has 0 spiro atoms. The molecule has 2 aliphatic heterocycles. The van der Waals surface area contributed by atoms with Crippen LogP contribution in [0.15, 0.2) is 30.3 Å². The van der Waals surface area contributed by atoms with Gasteiger partial charge in [0.2, 0.25) is 5.91 Å². The molecule has 1 aromatic carbocycles. The van der Waals surface area contributed by atoms with Gasteiger partial charge in [0, 0.05) is 18.7 Å². The number of piperidine rings is 1. The Morgan fingerprint density at radius 2 is 1.79 bits per heavy atom. The Morgan fingerprint density at radius 3 is 2.46 bits per heavy atom. The van der Waals surface area contributed by atoms with Gasteiger partial charge in [-0.15, -0.1) is 0 Å². The summed E-state index contributed by atoms with van der Waals surface area (Å²) in [6.07, 6.45) is 1.80. The van der Waals surface area contributed by atoms with Gasteiger partial charge in [-0.3, -0.25) is 9.59 Å². The Bertz CT molecular complexity index is 552. The van der Waals surface area contributed by atoms with Crippen molar-refractivity contribution in [2.45, 2.75) is 18.9 Å². The van der Waals surface area contributed by atoms with Crippen LogP contribution in [0.2, 0.25) is 0 Å². The lowest BCUT2D eigenvalue weighted by molar-refractivity contribution is -0.139. The molecule has 0 saturated carbocycles. The third-order valence-electron chi connectivity index (χ3n) is 4.77. The fourth-order valence-corrected chi connectivity index (χ4v) is 3.35. The highest BCUT2D eigenvalue weighted by Gasteiger charge is 2.34. The van der Waals surface area contributed by atoms with Gasteiger partial charge in [-0.05, 0) is 44.0 Å². The smallest absolute Gasteiger partial charge is 0.251 e. The molecule has 0 aliphatic carbocycles. The number of carbonyl (C=O) groups excluding carboxylic acids is 2. The van der Waals surface area contributed by atoms with Crippen molar-refractivity contribution in [1.29, 1.82) is 0 Å². The number of hydrogen-bond donors (Lipinski definition) is 2. The number of nitrogens with zero attached hydrogens (tertiary/aromatic N) is 1. The lowest BCUT2D eigenvalue weighted by atomic mass is 9.89. The molecule has 2 heterocycles. The summed E-state index contributed by atoms with van der Waals surface area (Å²) in [5.74, 6) is 0.0180. The van der Waals surface area contributed by atoms with E-state index in [9.17, 15) is 9.59 Å². The summed E-state index contributed by atoms with van der Waals surface area (Å²) in [6, 6.07) is 8.62. The molecule has 2 amide bonds. The summed E-state index contributed by atoms with van der Waals surface area (Å²) < 4.78 is 5.33. The van der Waals surface area contributed by atoms with E-state index in [0.29, 0.717) is 31.9 Å². The zero-order valence-electron chi connectivity index (χ0n) is 13.9. The predicted octanol–water partition coefficient (Wildman–Crippen LogP) is 0.643. The van der Waals surface area contributed by atoms with Crippen molar-refractivity contribution >= 4 is 11.8 Å². The Balaban J connectivity index is 1.73. The highest BCUT2D eigenvalue weighted by atomic mass is 16.5. The summed E-state index contributed by atoms with van der Waals surface area (Å²) in [7, 11) is 0. The molecular weight excluding hydrogens is 306 g/mol. The first-order valence-corrected chi connectivity index (χ1v) is 8.69. The number of morpholine rings is 1. The first-order chi connectivity index (χ1) is 11.8. The van der Waals surface area contributed by atoms with Crippen LogP contribution < -0.4 is 10.6 Å². The van der Waals surface area contributed by atoms with Crippen LogP contribution in [0.1, 0.15) is 23.2 Å². The molecular formula is C18H25N3O3. The summed E-state index contributed by atoms with van der Waals surface area (Å²) in [5.41, 5.74) is 0.589. The van der Waals surface area contributed by atoms with E-state index >= 15 is 0 Å².